The SMILES string of the molecule is CSCc1ccc(Cl)c(NC(=O)[C@@H]2CCCCN2C(C)=O)c1. The first-order valence-corrected chi connectivity index (χ1v) is 9.15. The summed E-state index contributed by atoms with van der Waals surface area (Å²) in [6, 6.07) is 5.26. The van der Waals surface area contributed by atoms with E-state index in [-0.39, 0.29) is 11.8 Å². The number of piperidine rings is 1. The van der Waals surface area contributed by atoms with Crippen molar-refractivity contribution in [1.82, 2.24) is 4.90 Å². The molecule has 1 aromatic rings. The van der Waals surface area contributed by atoms with Gasteiger partial charge in [0.2, 0.25) is 11.8 Å². The standard InChI is InChI=1S/C16H21ClN2O2S/c1-11(20)19-8-4-3-5-15(19)16(21)18-14-9-12(10-22-2)6-7-13(14)17/h6-7,9,15H,3-5,8,10H2,1-2H3,(H,18,21)/t15-/m0/s1. The molecule has 4 nitrogen and oxygen atoms in total. The zero-order chi connectivity index (χ0) is 16.1. The number of hydrogen-bond acceptors (Lipinski definition) is 3. The second-order valence-corrected chi connectivity index (χ2v) is 6.73. The van der Waals surface area contributed by atoms with Gasteiger partial charge in [-0.1, -0.05) is 17.7 Å². The summed E-state index contributed by atoms with van der Waals surface area (Å²) in [4.78, 5) is 25.9. The van der Waals surface area contributed by atoms with E-state index < -0.39 is 6.04 Å². The number of carbonyl (C=O) groups is 2. The average molecular weight is 341 g/mol. The quantitative estimate of drug-likeness (QED) is 0.912. The lowest BCUT2D eigenvalue weighted by Gasteiger charge is -2.34. The van der Waals surface area contributed by atoms with E-state index in [0.717, 1.165) is 24.2 Å². The van der Waals surface area contributed by atoms with E-state index in [0.29, 0.717) is 23.7 Å². The Labute approximate surface area is 140 Å². The summed E-state index contributed by atoms with van der Waals surface area (Å²) in [5.74, 6) is 0.656. The predicted octanol–water partition coefficient (Wildman–Crippen LogP) is 3.54. The largest absolute Gasteiger partial charge is 0.331 e. The zero-order valence-electron chi connectivity index (χ0n) is 12.9. The predicted molar refractivity (Wildman–Crippen MR) is 92.3 cm³/mol. The van der Waals surface area contributed by atoms with Crippen LogP contribution in [-0.4, -0.2) is 35.6 Å². The number of rotatable bonds is 4. The minimum atomic E-state index is -0.397. The third kappa shape index (κ3) is 4.17. The van der Waals surface area contributed by atoms with Crippen LogP contribution < -0.4 is 5.32 Å². The third-order valence-electron chi connectivity index (χ3n) is 3.81. The van der Waals surface area contributed by atoms with Crippen molar-refractivity contribution in [3.05, 3.63) is 28.8 Å². The average Bonchev–Trinajstić information content (AvgIpc) is 2.50. The van der Waals surface area contributed by atoms with Crippen LogP contribution in [0.1, 0.15) is 31.7 Å². The van der Waals surface area contributed by atoms with Crippen molar-refractivity contribution in [2.24, 2.45) is 0 Å². The molecule has 6 heteroatoms. The lowest BCUT2D eigenvalue weighted by atomic mass is 10.0. The fourth-order valence-corrected chi connectivity index (χ4v) is 3.40. The van der Waals surface area contributed by atoms with E-state index >= 15 is 0 Å². The minimum Gasteiger partial charge on any atom is -0.331 e. The lowest BCUT2D eigenvalue weighted by molar-refractivity contribution is -0.138. The summed E-state index contributed by atoms with van der Waals surface area (Å²) >= 11 is 7.89. The molecule has 0 bridgehead atoms. The number of nitrogens with zero attached hydrogens (tertiary/aromatic N) is 1. The van der Waals surface area contributed by atoms with E-state index in [2.05, 4.69) is 5.32 Å². The number of benzene rings is 1. The number of anilines is 1. The Morgan fingerprint density at radius 2 is 2.18 bits per heavy atom. The van der Waals surface area contributed by atoms with Gasteiger partial charge in [-0.3, -0.25) is 9.59 Å². The Bertz CT molecular complexity index is 565. The van der Waals surface area contributed by atoms with Gasteiger partial charge in [0.05, 0.1) is 10.7 Å². The molecule has 2 rings (SSSR count). The molecule has 0 unspecified atom stereocenters. The first kappa shape index (κ1) is 17.2. The van der Waals surface area contributed by atoms with Crippen molar-refractivity contribution in [3.63, 3.8) is 0 Å². The number of halogens is 1. The van der Waals surface area contributed by atoms with Crippen molar-refractivity contribution in [2.75, 3.05) is 18.1 Å². The molecule has 1 aliphatic rings. The van der Waals surface area contributed by atoms with Crippen LogP contribution in [0.15, 0.2) is 18.2 Å². The van der Waals surface area contributed by atoms with Gasteiger partial charge in [0.1, 0.15) is 6.04 Å². The number of likely N-dealkylation sites (tertiary alicyclic amines) is 1. The van der Waals surface area contributed by atoms with Crippen molar-refractivity contribution in [2.45, 2.75) is 38.0 Å². The first-order chi connectivity index (χ1) is 10.5. The second-order valence-electron chi connectivity index (χ2n) is 5.46. The molecular weight excluding hydrogens is 320 g/mol. The Morgan fingerprint density at radius 1 is 1.41 bits per heavy atom. The highest BCUT2D eigenvalue weighted by molar-refractivity contribution is 7.97. The molecule has 1 aromatic carbocycles. The van der Waals surface area contributed by atoms with Gasteiger partial charge in [-0.15, -0.1) is 0 Å². The number of carbonyl (C=O) groups excluding carboxylic acids is 2. The summed E-state index contributed by atoms with van der Waals surface area (Å²) in [5, 5.41) is 3.41. The highest BCUT2D eigenvalue weighted by Crippen LogP contribution is 2.26. The van der Waals surface area contributed by atoms with Gasteiger partial charge in [0.15, 0.2) is 0 Å². The molecule has 0 spiro atoms. The second kappa shape index (κ2) is 7.88. The topological polar surface area (TPSA) is 49.4 Å². The highest BCUT2D eigenvalue weighted by atomic mass is 35.5. The summed E-state index contributed by atoms with van der Waals surface area (Å²) in [7, 11) is 0. The Morgan fingerprint density at radius 3 is 2.86 bits per heavy atom. The third-order valence-corrected chi connectivity index (χ3v) is 4.76. The molecule has 0 aromatic heterocycles. The fraction of sp³-hybridized carbons (Fsp3) is 0.500. The van der Waals surface area contributed by atoms with Crippen LogP contribution in [0.4, 0.5) is 5.69 Å². The van der Waals surface area contributed by atoms with Gasteiger partial charge < -0.3 is 10.2 Å². The normalized spacial score (nSPS) is 18.1. The maximum atomic E-state index is 12.5. The van der Waals surface area contributed by atoms with Crippen molar-refractivity contribution >= 4 is 40.9 Å². The van der Waals surface area contributed by atoms with E-state index in [1.54, 1.807) is 22.7 Å². The van der Waals surface area contributed by atoms with E-state index in [1.165, 1.54) is 6.92 Å². The van der Waals surface area contributed by atoms with Gasteiger partial charge >= 0.3 is 0 Å². The molecular formula is C16H21ClN2O2S. The van der Waals surface area contributed by atoms with Gasteiger partial charge in [-0.25, -0.2) is 0 Å². The molecule has 1 fully saturated rings. The number of hydrogen-bond donors (Lipinski definition) is 1. The molecule has 2 amide bonds. The number of amides is 2. The van der Waals surface area contributed by atoms with Gasteiger partial charge in [0, 0.05) is 19.2 Å². The van der Waals surface area contributed by atoms with Gasteiger partial charge in [0.25, 0.3) is 0 Å². The number of nitrogens with one attached hydrogen (secondary N) is 1. The molecule has 0 saturated carbocycles. The fourth-order valence-electron chi connectivity index (χ4n) is 2.72. The van der Waals surface area contributed by atoms with Crippen molar-refractivity contribution < 1.29 is 9.59 Å². The Hall–Kier alpha value is -1.20. The van der Waals surface area contributed by atoms with E-state index in [9.17, 15) is 9.59 Å². The Kier molecular flexibility index (Phi) is 6.15. The van der Waals surface area contributed by atoms with Crippen molar-refractivity contribution in [1.29, 1.82) is 0 Å². The monoisotopic (exact) mass is 340 g/mol. The highest BCUT2D eigenvalue weighted by Gasteiger charge is 2.30. The molecule has 1 heterocycles. The van der Waals surface area contributed by atoms with Gasteiger partial charge in [-0.05, 0) is 43.2 Å². The summed E-state index contributed by atoms with van der Waals surface area (Å²) in [6.07, 6.45) is 4.64. The molecule has 0 radical (unpaired) electrons. The van der Waals surface area contributed by atoms with E-state index in [4.69, 9.17) is 11.6 Å². The molecule has 120 valence electrons. The van der Waals surface area contributed by atoms with Crippen LogP contribution in [0.5, 0.6) is 0 Å². The number of thioether (sulfide) groups is 1. The summed E-state index contributed by atoms with van der Waals surface area (Å²) < 4.78 is 0. The minimum absolute atomic E-state index is 0.0536. The Balaban J connectivity index is 2.13. The zero-order valence-corrected chi connectivity index (χ0v) is 14.5. The van der Waals surface area contributed by atoms with Crippen LogP contribution in [0, 0.1) is 0 Å². The van der Waals surface area contributed by atoms with Crippen LogP contribution >= 0.6 is 23.4 Å². The van der Waals surface area contributed by atoms with Crippen molar-refractivity contribution in [3.8, 4) is 0 Å². The van der Waals surface area contributed by atoms with E-state index in [1.807, 2.05) is 18.4 Å². The molecule has 1 atom stereocenters. The molecule has 1 saturated heterocycles. The first-order valence-electron chi connectivity index (χ1n) is 7.38. The van der Waals surface area contributed by atoms with Crippen LogP contribution in [0.2, 0.25) is 5.02 Å². The summed E-state index contributed by atoms with van der Waals surface area (Å²) in [5.41, 5.74) is 1.73. The molecule has 1 aliphatic heterocycles. The maximum Gasteiger partial charge on any atom is 0.247 e. The van der Waals surface area contributed by atoms with Crippen LogP contribution in [0.25, 0.3) is 0 Å². The maximum absolute atomic E-state index is 12.5. The molecule has 1 N–H and O–H groups in total. The molecule has 0 aliphatic carbocycles. The molecule has 22 heavy (non-hydrogen) atoms. The summed E-state index contributed by atoms with van der Waals surface area (Å²) in [6.45, 7) is 2.16. The van der Waals surface area contributed by atoms with Crippen LogP contribution in [0.3, 0.4) is 0 Å². The van der Waals surface area contributed by atoms with Gasteiger partial charge in [-0.2, -0.15) is 11.8 Å². The lowest BCUT2D eigenvalue weighted by Crippen LogP contribution is -2.49. The van der Waals surface area contributed by atoms with Crippen LogP contribution in [-0.2, 0) is 15.3 Å². The smallest absolute Gasteiger partial charge is 0.247 e.